The molecule has 0 aliphatic carbocycles. The summed E-state index contributed by atoms with van der Waals surface area (Å²) < 4.78 is 5.30. The van der Waals surface area contributed by atoms with Crippen molar-refractivity contribution in [3.63, 3.8) is 0 Å². The number of benzene rings is 1. The molecule has 3 heteroatoms. The number of hydrogen-bond donors (Lipinski definition) is 1. The molecular formula is C13H21NOS. The lowest BCUT2D eigenvalue weighted by Gasteiger charge is -2.13. The van der Waals surface area contributed by atoms with Crippen LogP contribution in [-0.2, 0) is 6.54 Å². The van der Waals surface area contributed by atoms with Gasteiger partial charge in [0, 0.05) is 17.5 Å². The third-order valence-corrected chi connectivity index (χ3v) is 3.47. The highest BCUT2D eigenvalue weighted by atomic mass is 32.2. The monoisotopic (exact) mass is 239 g/mol. The highest BCUT2D eigenvalue weighted by Crippen LogP contribution is 2.28. The summed E-state index contributed by atoms with van der Waals surface area (Å²) in [5.74, 6) is 0.958. The van der Waals surface area contributed by atoms with Gasteiger partial charge in [-0.1, -0.05) is 13.0 Å². The van der Waals surface area contributed by atoms with E-state index in [4.69, 9.17) is 4.74 Å². The van der Waals surface area contributed by atoms with Crippen LogP contribution in [0.3, 0.4) is 0 Å². The van der Waals surface area contributed by atoms with E-state index in [-0.39, 0.29) is 0 Å². The van der Waals surface area contributed by atoms with Crippen molar-refractivity contribution in [1.29, 1.82) is 0 Å². The second-order valence-electron chi connectivity index (χ2n) is 3.88. The van der Waals surface area contributed by atoms with Crippen molar-refractivity contribution in [2.75, 3.05) is 13.4 Å². The molecule has 16 heavy (non-hydrogen) atoms. The van der Waals surface area contributed by atoms with Crippen LogP contribution in [0.1, 0.15) is 25.8 Å². The predicted molar refractivity (Wildman–Crippen MR) is 71.4 cm³/mol. The van der Waals surface area contributed by atoms with Gasteiger partial charge in [0.15, 0.2) is 0 Å². The minimum absolute atomic E-state index is 0.569. The summed E-state index contributed by atoms with van der Waals surface area (Å²) >= 11 is 1.72. The fourth-order valence-corrected chi connectivity index (χ4v) is 2.05. The maximum Gasteiger partial charge on any atom is 0.132 e. The average molecular weight is 239 g/mol. The molecule has 0 saturated heterocycles. The lowest BCUT2D eigenvalue weighted by Crippen LogP contribution is -2.24. The minimum Gasteiger partial charge on any atom is -0.496 e. The zero-order chi connectivity index (χ0) is 12.0. The van der Waals surface area contributed by atoms with Crippen LogP contribution in [0.2, 0.25) is 0 Å². The van der Waals surface area contributed by atoms with Crippen molar-refractivity contribution < 1.29 is 4.74 Å². The third-order valence-electron chi connectivity index (χ3n) is 2.71. The first kappa shape index (κ1) is 13.4. The molecule has 0 bridgehead atoms. The molecular weight excluding hydrogens is 218 g/mol. The van der Waals surface area contributed by atoms with Gasteiger partial charge in [-0.2, -0.15) is 0 Å². The van der Waals surface area contributed by atoms with Crippen molar-refractivity contribution in [3.8, 4) is 5.75 Å². The zero-order valence-corrected chi connectivity index (χ0v) is 11.4. The van der Waals surface area contributed by atoms with Crippen molar-refractivity contribution in [3.05, 3.63) is 23.8 Å². The molecule has 1 rings (SSSR count). The maximum absolute atomic E-state index is 5.30. The molecule has 0 spiro atoms. The van der Waals surface area contributed by atoms with Gasteiger partial charge >= 0.3 is 0 Å². The lowest BCUT2D eigenvalue weighted by molar-refractivity contribution is 0.404. The first-order chi connectivity index (χ1) is 7.71. The van der Waals surface area contributed by atoms with Gasteiger partial charge in [-0.3, -0.25) is 0 Å². The van der Waals surface area contributed by atoms with Crippen molar-refractivity contribution in [2.45, 2.75) is 37.8 Å². The lowest BCUT2D eigenvalue weighted by atomic mass is 10.2. The molecule has 1 atom stereocenters. The highest BCUT2D eigenvalue weighted by Gasteiger charge is 2.04. The molecule has 0 saturated carbocycles. The first-order valence-electron chi connectivity index (χ1n) is 5.65. The molecule has 0 aliphatic rings. The number of hydrogen-bond acceptors (Lipinski definition) is 3. The van der Waals surface area contributed by atoms with Gasteiger partial charge in [-0.15, -0.1) is 11.8 Å². The Kier molecular flexibility index (Phi) is 5.71. The van der Waals surface area contributed by atoms with E-state index in [2.05, 4.69) is 37.6 Å². The summed E-state index contributed by atoms with van der Waals surface area (Å²) in [6.07, 6.45) is 3.23. The molecule has 0 amide bonds. The van der Waals surface area contributed by atoms with Crippen LogP contribution < -0.4 is 10.1 Å². The van der Waals surface area contributed by atoms with Gasteiger partial charge in [-0.05, 0) is 37.3 Å². The Bertz CT molecular complexity index is 328. The second kappa shape index (κ2) is 6.81. The molecule has 0 heterocycles. The summed E-state index contributed by atoms with van der Waals surface area (Å²) in [7, 11) is 1.71. The van der Waals surface area contributed by atoms with E-state index in [0.717, 1.165) is 18.7 Å². The number of rotatable bonds is 6. The fourth-order valence-electron chi connectivity index (χ4n) is 1.43. The number of thioether (sulfide) groups is 1. The first-order valence-corrected chi connectivity index (χ1v) is 6.88. The van der Waals surface area contributed by atoms with Crippen LogP contribution in [0.5, 0.6) is 5.75 Å². The fraction of sp³-hybridized carbons (Fsp3) is 0.538. The Balaban J connectivity index is 2.67. The topological polar surface area (TPSA) is 21.3 Å². The maximum atomic E-state index is 5.30. The predicted octanol–water partition coefficient (Wildman–Crippen LogP) is 3.31. The van der Waals surface area contributed by atoms with Crippen LogP contribution in [-0.4, -0.2) is 19.4 Å². The summed E-state index contributed by atoms with van der Waals surface area (Å²) in [4.78, 5) is 1.20. The minimum atomic E-state index is 0.569. The van der Waals surface area contributed by atoms with Gasteiger partial charge in [0.1, 0.15) is 5.75 Å². The molecule has 1 aromatic carbocycles. The molecule has 90 valence electrons. The highest BCUT2D eigenvalue weighted by molar-refractivity contribution is 7.98. The van der Waals surface area contributed by atoms with E-state index in [0.29, 0.717) is 6.04 Å². The van der Waals surface area contributed by atoms with Gasteiger partial charge in [0.2, 0.25) is 0 Å². The van der Waals surface area contributed by atoms with E-state index in [1.807, 2.05) is 6.07 Å². The molecule has 0 fully saturated rings. The Morgan fingerprint density at radius 2 is 2.19 bits per heavy atom. The molecule has 1 aromatic rings. The third kappa shape index (κ3) is 3.72. The average Bonchev–Trinajstić information content (AvgIpc) is 2.35. The largest absolute Gasteiger partial charge is 0.496 e. The van der Waals surface area contributed by atoms with E-state index in [9.17, 15) is 0 Å². The van der Waals surface area contributed by atoms with Crippen LogP contribution >= 0.6 is 11.8 Å². The molecule has 2 nitrogen and oxygen atoms in total. The summed E-state index contributed by atoms with van der Waals surface area (Å²) in [5.41, 5.74) is 1.31. The van der Waals surface area contributed by atoms with Crippen molar-refractivity contribution >= 4 is 11.8 Å². The Morgan fingerprint density at radius 3 is 2.75 bits per heavy atom. The number of ether oxygens (including phenoxy) is 1. The van der Waals surface area contributed by atoms with E-state index in [1.165, 1.54) is 10.5 Å². The Hall–Kier alpha value is -0.670. The van der Waals surface area contributed by atoms with Gasteiger partial charge in [0.25, 0.3) is 0 Å². The van der Waals surface area contributed by atoms with Crippen molar-refractivity contribution in [1.82, 2.24) is 5.32 Å². The van der Waals surface area contributed by atoms with E-state index >= 15 is 0 Å². The SMILES string of the molecule is CCC(C)NCc1ccc(OC)c(SC)c1. The molecule has 0 aromatic heterocycles. The smallest absolute Gasteiger partial charge is 0.132 e. The number of methoxy groups -OCH3 is 1. The standard InChI is InChI=1S/C13H21NOS/c1-5-10(2)14-9-11-6-7-12(15-3)13(8-11)16-4/h6-8,10,14H,5,9H2,1-4H3. The van der Waals surface area contributed by atoms with E-state index < -0.39 is 0 Å². The molecule has 1 unspecified atom stereocenters. The Morgan fingerprint density at radius 1 is 1.44 bits per heavy atom. The van der Waals surface area contributed by atoms with Crippen molar-refractivity contribution in [2.24, 2.45) is 0 Å². The van der Waals surface area contributed by atoms with Crippen LogP contribution in [0.4, 0.5) is 0 Å². The summed E-state index contributed by atoms with van der Waals surface area (Å²) in [5, 5.41) is 3.49. The van der Waals surface area contributed by atoms with E-state index in [1.54, 1.807) is 18.9 Å². The summed E-state index contributed by atoms with van der Waals surface area (Å²) in [6, 6.07) is 6.92. The quantitative estimate of drug-likeness (QED) is 0.770. The summed E-state index contributed by atoms with van der Waals surface area (Å²) in [6.45, 7) is 5.32. The molecule has 0 radical (unpaired) electrons. The van der Waals surface area contributed by atoms with Crippen LogP contribution in [0, 0.1) is 0 Å². The Labute approximate surface area is 103 Å². The molecule has 1 N–H and O–H groups in total. The zero-order valence-electron chi connectivity index (χ0n) is 10.5. The van der Waals surface area contributed by atoms with Crippen LogP contribution in [0.25, 0.3) is 0 Å². The van der Waals surface area contributed by atoms with Crippen LogP contribution in [0.15, 0.2) is 23.1 Å². The second-order valence-corrected chi connectivity index (χ2v) is 4.73. The van der Waals surface area contributed by atoms with Gasteiger partial charge < -0.3 is 10.1 Å². The van der Waals surface area contributed by atoms with Gasteiger partial charge in [0.05, 0.1) is 7.11 Å². The molecule has 0 aliphatic heterocycles. The normalized spacial score (nSPS) is 12.5. The number of nitrogens with one attached hydrogen (secondary N) is 1. The van der Waals surface area contributed by atoms with Gasteiger partial charge in [-0.25, -0.2) is 0 Å².